The number of anilines is 1. The van der Waals surface area contributed by atoms with E-state index in [1.807, 2.05) is 24.3 Å². The Bertz CT molecular complexity index is 769. The largest absolute Gasteiger partial charge is 0.497 e. The fraction of sp³-hybridized carbons (Fsp3) is 0.600. The number of hydrogen-bond donors (Lipinski definition) is 0. The SMILES string of the molecule is COc1cccc(-c2noc(N3CCN(C4CC5CCC4C5)CC3)n2)c1. The van der Waals surface area contributed by atoms with Gasteiger partial charge in [-0.2, -0.15) is 4.98 Å². The molecule has 0 spiro atoms. The van der Waals surface area contributed by atoms with Crippen molar-refractivity contribution in [2.45, 2.75) is 31.7 Å². The summed E-state index contributed by atoms with van der Waals surface area (Å²) < 4.78 is 10.8. The van der Waals surface area contributed by atoms with E-state index in [1.165, 1.54) is 25.7 Å². The molecular weight excluding hydrogens is 328 g/mol. The maximum atomic E-state index is 5.55. The molecule has 2 aliphatic carbocycles. The van der Waals surface area contributed by atoms with Crippen LogP contribution in [0.1, 0.15) is 25.7 Å². The highest BCUT2D eigenvalue weighted by Gasteiger charge is 2.42. The lowest BCUT2D eigenvalue weighted by Gasteiger charge is -2.40. The van der Waals surface area contributed by atoms with Crippen LogP contribution in [0.5, 0.6) is 5.75 Å². The topological polar surface area (TPSA) is 54.6 Å². The van der Waals surface area contributed by atoms with Crippen molar-refractivity contribution in [1.82, 2.24) is 15.0 Å². The van der Waals surface area contributed by atoms with Crippen LogP contribution >= 0.6 is 0 Å². The summed E-state index contributed by atoms with van der Waals surface area (Å²) >= 11 is 0. The Labute approximate surface area is 154 Å². The summed E-state index contributed by atoms with van der Waals surface area (Å²) in [4.78, 5) is 9.54. The van der Waals surface area contributed by atoms with E-state index in [2.05, 4.69) is 19.9 Å². The van der Waals surface area contributed by atoms with Gasteiger partial charge in [0, 0.05) is 37.8 Å². The van der Waals surface area contributed by atoms with Crippen molar-refractivity contribution in [3.05, 3.63) is 24.3 Å². The van der Waals surface area contributed by atoms with E-state index in [-0.39, 0.29) is 0 Å². The molecule has 1 aromatic heterocycles. The van der Waals surface area contributed by atoms with Gasteiger partial charge in [-0.1, -0.05) is 23.7 Å². The Morgan fingerprint density at radius 2 is 2.00 bits per heavy atom. The molecule has 1 saturated heterocycles. The lowest BCUT2D eigenvalue weighted by Crippen LogP contribution is -2.51. The second-order valence-corrected chi connectivity index (χ2v) is 7.90. The summed E-state index contributed by atoms with van der Waals surface area (Å²) in [6.45, 7) is 4.14. The van der Waals surface area contributed by atoms with E-state index in [9.17, 15) is 0 Å². The molecule has 3 unspecified atom stereocenters. The number of ether oxygens (including phenoxy) is 1. The first-order chi connectivity index (χ1) is 12.8. The Kier molecular flexibility index (Phi) is 4.08. The molecule has 6 heteroatoms. The Hall–Kier alpha value is -2.08. The zero-order valence-corrected chi connectivity index (χ0v) is 15.3. The molecule has 6 nitrogen and oxygen atoms in total. The molecule has 3 fully saturated rings. The molecule has 1 aliphatic heterocycles. The maximum absolute atomic E-state index is 5.55. The molecule has 5 rings (SSSR count). The molecule has 0 radical (unpaired) electrons. The third kappa shape index (κ3) is 2.86. The quantitative estimate of drug-likeness (QED) is 0.841. The van der Waals surface area contributed by atoms with Crippen LogP contribution in [0.15, 0.2) is 28.8 Å². The van der Waals surface area contributed by atoms with Crippen LogP contribution in [0.25, 0.3) is 11.4 Å². The van der Waals surface area contributed by atoms with Gasteiger partial charge in [0.2, 0.25) is 5.82 Å². The van der Waals surface area contributed by atoms with E-state index in [4.69, 9.17) is 9.26 Å². The third-order valence-corrected chi connectivity index (χ3v) is 6.50. The predicted octanol–water partition coefficient (Wildman–Crippen LogP) is 3.06. The Morgan fingerprint density at radius 3 is 2.73 bits per heavy atom. The molecular formula is C20H26N4O2. The monoisotopic (exact) mass is 354 g/mol. The van der Waals surface area contributed by atoms with Gasteiger partial charge in [-0.25, -0.2) is 0 Å². The number of aromatic nitrogens is 2. The Morgan fingerprint density at radius 1 is 1.12 bits per heavy atom. The van der Waals surface area contributed by atoms with Gasteiger partial charge < -0.3 is 14.2 Å². The minimum Gasteiger partial charge on any atom is -0.497 e. The van der Waals surface area contributed by atoms with Crippen LogP contribution in [-0.4, -0.2) is 54.4 Å². The first-order valence-electron chi connectivity index (χ1n) is 9.77. The van der Waals surface area contributed by atoms with E-state index in [0.29, 0.717) is 11.8 Å². The van der Waals surface area contributed by atoms with E-state index in [1.54, 1.807) is 7.11 Å². The van der Waals surface area contributed by atoms with Gasteiger partial charge in [0.25, 0.3) is 0 Å². The Balaban J connectivity index is 1.24. The number of hydrogen-bond acceptors (Lipinski definition) is 6. The molecule has 2 saturated carbocycles. The van der Waals surface area contributed by atoms with Gasteiger partial charge in [0.15, 0.2) is 0 Å². The number of nitrogens with zero attached hydrogens (tertiary/aromatic N) is 4. The summed E-state index contributed by atoms with van der Waals surface area (Å²) in [6, 6.07) is 9.23. The van der Waals surface area contributed by atoms with Crippen LogP contribution in [0.2, 0.25) is 0 Å². The molecule has 2 aromatic rings. The highest BCUT2D eigenvalue weighted by Crippen LogP contribution is 2.46. The van der Waals surface area contributed by atoms with Crippen molar-refractivity contribution in [2.75, 3.05) is 38.2 Å². The molecule has 2 heterocycles. The first-order valence-corrected chi connectivity index (χ1v) is 9.77. The molecule has 3 aliphatic rings. The second kappa shape index (κ2) is 6.58. The summed E-state index contributed by atoms with van der Waals surface area (Å²) in [5.41, 5.74) is 0.917. The normalized spacial score (nSPS) is 28.7. The highest BCUT2D eigenvalue weighted by atomic mass is 16.5. The molecule has 1 aromatic carbocycles. The molecule has 0 amide bonds. The minimum atomic E-state index is 0.620. The average Bonchev–Trinajstić information content (AvgIpc) is 3.45. The summed E-state index contributed by atoms with van der Waals surface area (Å²) in [6.07, 6.45) is 5.81. The lowest BCUT2D eigenvalue weighted by molar-refractivity contribution is 0.133. The predicted molar refractivity (Wildman–Crippen MR) is 99.3 cm³/mol. The number of methoxy groups -OCH3 is 1. The van der Waals surface area contributed by atoms with Crippen molar-refractivity contribution >= 4 is 6.01 Å². The average molecular weight is 354 g/mol. The number of piperazine rings is 1. The summed E-state index contributed by atoms with van der Waals surface area (Å²) in [5, 5.41) is 4.17. The summed E-state index contributed by atoms with van der Waals surface area (Å²) in [7, 11) is 1.66. The van der Waals surface area contributed by atoms with Crippen molar-refractivity contribution in [2.24, 2.45) is 11.8 Å². The first kappa shape index (κ1) is 16.1. The van der Waals surface area contributed by atoms with Gasteiger partial charge in [-0.05, 0) is 43.2 Å². The zero-order valence-electron chi connectivity index (χ0n) is 15.3. The van der Waals surface area contributed by atoms with Crippen molar-refractivity contribution in [3.63, 3.8) is 0 Å². The number of benzene rings is 1. The molecule has 3 atom stereocenters. The fourth-order valence-corrected chi connectivity index (χ4v) is 5.13. The molecule has 138 valence electrons. The van der Waals surface area contributed by atoms with E-state index < -0.39 is 0 Å². The lowest BCUT2D eigenvalue weighted by atomic mass is 9.93. The van der Waals surface area contributed by atoms with Crippen LogP contribution < -0.4 is 9.64 Å². The van der Waals surface area contributed by atoms with Crippen LogP contribution in [0.4, 0.5) is 6.01 Å². The van der Waals surface area contributed by atoms with E-state index in [0.717, 1.165) is 55.4 Å². The van der Waals surface area contributed by atoms with E-state index >= 15 is 0 Å². The maximum Gasteiger partial charge on any atom is 0.324 e. The van der Waals surface area contributed by atoms with Crippen LogP contribution in [0.3, 0.4) is 0 Å². The number of fused-ring (bicyclic) bond motifs is 2. The van der Waals surface area contributed by atoms with Crippen molar-refractivity contribution < 1.29 is 9.26 Å². The fourth-order valence-electron chi connectivity index (χ4n) is 5.13. The highest BCUT2D eigenvalue weighted by molar-refractivity contribution is 5.58. The van der Waals surface area contributed by atoms with Gasteiger partial charge in [0.05, 0.1) is 7.11 Å². The summed E-state index contributed by atoms with van der Waals surface area (Å²) in [5.74, 6) is 3.38. The minimum absolute atomic E-state index is 0.620. The third-order valence-electron chi connectivity index (χ3n) is 6.50. The van der Waals surface area contributed by atoms with Gasteiger partial charge in [0.1, 0.15) is 5.75 Å². The standard InChI is InChI=1S/C20H26N4O2/c1-25-17-4-2-3-16(13-17)19-21-20(26-22-19)24-9-7-23(8-10-24)18-12-14-5-6-15(18)11-14/h2-4,13-15,18H,5-12H2,1H3. The van der Waals surface area contributed by atoms with Gasteiger partial charge >= 0.3 is 6.01 Å². The van der Waals surface area contributed by atoms with Crippen LogP contribution in [0, 0.1) is 11.8 Å². The van der Waals surface area contributed by atoms with Gasteiger partial charge in [-0.15, -0.1) is 0 Å². The zero-order chi connectivity index (χ0) is 17.5. The molecule has 0 N–H and O–H groups in total. The molecule has 26 heavy (non-hydrogen) atoms. The second-order valence-electron chi connectivity index (χ2n) is 7.90. The number of rotatable bonds is 4. The van der Waals surface area contributed by atoms with Crippen LogP contribution in [-0.2, 0) is 0 Å². The van der Waals surface area contributed by atoms with Crippen molar-refractivity contribution in [3.8, 4) is 17.1 Å². The van der Waals surface area contributed by atoms with Gasteiger partial charge in [-0.3, -0.25) is 4.90 Å². The molecule has 2 bridgehead atoms. The smallest absolute Gasteiger partial charge is 0.324 e. The van der Waals surface area contributed by atoms with Crippen molar-refractivity contribution in [1.29, 1.82) is 0 Å².